The summed E-state index contributed by atoms with van der Waals surface area (Å²) in [6.07, 6.45) is 1.45. The highest BCUT2D eigenvalue weighted by Gasteiger charge is 2.15. The van der Waals surface area contributed by atoms with Gasteiger partial charge in [0.2, 0.25) is 0 Å². The van der Waals surface area contributed by atoms with Crippen LogP contribution in [-0.4, -0.2) is 38.0 Å². The maximum Gasteiger partial charge on any atom is 0.267 e. The number of carbonyl (C=O) groups is 1. The van der Waals surface area contributed by atoms with Crippen LogP contribution in [0.15, 0.2) is 57.0 Å². The summed E-state index contributed by atoms with van der Waals surface area (Å²) in [6.45, 7) is 4.52. The van der Waals surface area contributed by atoms with Gasteiger partial charge in [-0.25, -0.2) is 0 Å². The Morgan fingerprint density at radius 1 is 1.14 bits per heavy atom. The number of benzene rings is 2. The first kappa shape index (κ1) is 25.6. The van der Waals surface area contributed by atoms with E-state index < -0.39 is 5.91 Å². The summed E-state index contributed by atoms with van der Waals surface area (Å²) in [4.78, 5) is 12.5. The van der Waals surface area contributed by atoms with Gasteiger partial charge in [-0.05, 0) is 77.8 Å². The van der Waals surface area contributed by atoms with Crippen molar-refractivity contribution in [3.8, 4) is 29.1 Å². The quantitative estimate of drug-likeness (QED) is 0.201. The van der Waals surface area contributed by atoms with Crippen LogP contribution in [0.2, 0.25) is 0 Å². The number of nitriles is 1. The summed E-state index contributed by atoms with van der Waals surface area (Å²) in [6, 6.07) is 14.1. The molecule has 1 heterocycles. The molecule has 0 unspecified atom stereocenters. The van der Waals surface area contributed by atoms with Crippen LogP contribution in [0.25, 0.3) is 6.08 Å². The number of methoxy groups -OCH3 is 1. The summed E-state index contributed by atoms with van der Waals surface area (Å²) in [5, 5.41) is 15.7. The highest BCUT2D eigenvalue weighted by molar-refractivity contribution is 9.10. The van der Waals surface area contributed by atoms with Crippen LogP contribution < -0.4 is 24.3 Å². The minimum Gasteiger partial charge on any atom is -0.497 e. The Labute approximate surface area is 211 Å². The van der Waals surface area contributed by atoms with Crippen LogP contribution >= 0.6 is 15.9 Å². The molecule has 0 aliphatic carbocycles. The molecule has 0 atom stereocenters. The summed E-state index contributed by atoms with van der Waals surface area (Å²) in [5.74, 6) is 2.56. The van der Waals surface area contributed by atoms with Crippen LogP contribution in [0.1, 0.15) is 18.2 Å². The van der Waals surface area contributed by atoms with Crippen LogP contribution in [0.3, 0.4) is 0 Å². The van der Waals surface area contributed by atoms with Crippen molar-refractivity contribution in [2.75, 3.05) is 32.2 Å². The van der Waals surface area contributed by atoms with Gasteiger partial charge >= 0.3 is 0 Å². The lowest BCUT2D eigenvalue weighted by atomic mass is 10.1. The molecular formula is C25H24BrN3O6. The van der Waals surface area contributed by atoms with E-state index in [0.717, 1.165) is 5.75 Å². The van der Waals surface area contributed by atoms with Gasteiger partial charge in [-0.2, -0.15) is 5.26 Å². The molecule has 182 valence electrons. The van der Waals surface area contributed by atoms with E-state index >= 15 is 0 Å². The Bertz CT molecular complexity index is 1230. The van der Waals surface area contributed by atoms with Crippen molar-refractivity contribution in [2.45, 2.75) is 13.8 Å². The number of amides is 1. The van der Waals surface area contributed by atoms with Crippen LogP contribution in [0.5, 0.6) is 23.0 Å². The van der Waals surface area contributed by atoms with Gasteiger partial charge in [-0.1, -0.05) is 5.16 Å². The summed E-state index contributed by atoms with van der Waals surface area (Å²) in [5.41, 5.74) is 0.465. The molecule has 1 aromatic heterocycles. The second-order valence-corrected chi connectivity index (χ2v) is 7.94. The van der Waals surface area contributed by atoms with E-state index in [2.05, 4.69) is 26.4 Å². The Morgan fingerprint density at radius 3 is 2.49 bits per heavy atom. The smallest absolute Gasteiger partial charge is 0.267 e. The Morgan fingerprint density at radius 2 is 1.86 bits per heavy atom. The van der Waals surface area contributed by atoms with Gasteiger partial charge in [0.25, 0.3) is 5.91 Å². The molecule has 10 heteroatoms. The number of nitrogens with zero attached hydrogens (tertiary/aromatic N) is 2. The van der Waals surface area contributed by atoms with Gasteiger partial charge in [0, 0.05) is 6.07 Å². The molecule has 2 aromatic carbocycles. The van der Waals surface area contributed by atoms with Crippen molar-refractivity contribution in [3.05, 3.63) is 63.8 Å². The number of aromatic nitrogens is 1. The van der Waals surface area contributed by atoms with Crippen molar-refractivity contribution in [1.29, 1.82) is 5.26 Å². The van der Waals surface area contributed by atoms with Crippen molar-refractivity contribution in [1.82, 2.24) is 5.16 Å². The predicted octanol–water partition coefficient (Wildman–Crippen LogP) is 5.16. The highest BCUT2D eigenvalue weighted by Crippen LogP contribution is 2.37. The molecule has 0 fully saturated rings. The van der Waals surface area contributed by atoms with E-state index in [9.17, 15) is 10.1 Å². The number of rotatable bonds is 11. The first-order chi connectivity index (χ1) is 16.9. The van der Waals surface area contributed by atoms with Gasteiger partial charge in [-0.3, -0.25) is 4.79 Å². The van der Waals surface area contributed by atoms with Crippen LogP contribution in [0.4, 0.5) is 5.82 Å². The normalized spacial score (nSPS) is 10.9. The summed E-state index contributed by atoms with van der Waals surface area (Å²) in [7, 11) is 1.61. The van der Waals surface area contributed by atoms with E-state index in [1.54, 1.807) is 32.2 Å². The molecule has 35 heavy (non-hydrogen) atoms. The van der Waals surface area contributed by atoms with Crippen molar-refractivity contribution >= 4 is 33.7 Å². The van der Waals surface area contributed by atoms with E-state index in [1.165, 1.54) is 6.08 Å². The number of hydrogen-bond acceptors (Lipinski definition) is 8. The second-order valence-electron chi connectivity index (χ2n) is 7.08. The number of anilines is 1. The van der Waals surface area contributed by atoms with Gasteiger partial charge in [0.15, 0.2) is 17.3 Å². The fourth-order valence-electron chi connectivity index (χ4n) is 2.97. The molecule has 0 aliphatic rings. The topological polar surface area (TPSA) is 116 Å². The zero-order valence-corrected chi connectivity index (χ0v) is 21.0. The molecule has 3 rings (SSSR count). The van der Waals surface area contributed by atoms with Crippen molar-refractivity contribution in [3.63, 3.8) is 0 Å². The highest BCUT2D eigenvalue weighted by atomic mass is 79.9. The van der Waals surface area contributed by atoms with Gasteiger partial charge in [0.1, 0.15) is 42.1 Å². The average Bonchev–Trinajstić information content (AvgIpc) is 3.26. The largest absolute Gasteiger partial charge is 0.497 e. The first-order valence-corrected chi connectivity index (χ1v) is 11.4. The molecule has 0 saturated carbocycles. The van der Waals surface area contributed by atoms with Crippen molar-refractivity contribution < 1.29 is 28.3 Å². The van der Waals surface area contributed by atoms with Crippen LogP contribution in [0, 0.1) is 18.3 Å². The third kappa shape index (κ3) is 7.25. The zero-order chi connectivity index (χ0) is 25.2. The Kier molecular flexibility index (Phi) is 9.15. The molecular weight excluding hydrogens is 518 g/mol. The van der Waals surface area contributed by atoms with Gasteiger partial charge in [-0.15, -0.1) is 0 Å². The lowest BCUT2D eigenvalue weighted by Crippen LogP contribution is -2.13. The molecule has 0 radical (unpaired) electrons. The number of ether oxygens (including phenoxy) is 4. The fraction of sp³-hybridized carbons (Fsp3) is 0.240. The Hall–Kier alpha value is -3.97. The predicted molar refractivity (Wildman–Crippen MR) is 133 cm³/mol. The Balaban J connectivity index is 1.69. The third-order valence-corrected chi connectivity index (χ3v) is 5.12. The summed E-state index contributed by atoms with van der Waals surface area (Å²) >= 11 is 3.49. The molecule has 1 N–H and O–H groups in total. The molecule has 9 nitrogen and oxygen atoms in total. The van der Waals surface area contributed by atoms with Crippen molar-refractivity contribution in [2.24, 2.45) is 0 Å². The number of halogens is 1. The van der Waals surface area contributed by atoms with E-state index in [0.29, 0.717) is 46.3 Å². The molecule has 1 amide bonds. The second kappa shape index (κ2) is 12.5. The average molecular weight is 542 g/mol. The number of carbonyl (C=O) groups excluding carboxylic acids is 1. The lowest BCUT2D eigenvalue weighted by molar-refractivity contribution is -0.112. The molecule has 3 aromatic rings. The molecule has 0 saturated heterocycles. The molecule has 0 spiro atoms. The molecule has 0 bridgehead atoms. The minimum atomic E-state index is -0.606. The zero-order valence-electron chi connectivity index (χ0n) is 19.5. The number of hydrogen-bond donors (Lipinski definition) is 1. The van der Waals surface area contributed by atoms with Gasteiger partial charge in [0.05, 0.1) is 18.2 Å². The standard InChI is InChI=1S/C25H24BrN3O6/c1-4-32-22-14-17(12-18(15-27)25(30)28-23-11-16(2)35-29-23)13-21(26)24(22)34-10-9-33-20-7-5-19(31-3)6-8-20/h5-8,11-14H,4,9-10H2,1-3H3,(H,28,29,30)/b18-12-. The molecule has 0 aliphatic heterocycles. The fourth-order valence-corrected chi connectivity index (χ4v) is 3.55. The van der Waals surface area contributed by atoms with E-state index in [1.807, 2.05) is 37.3 Å². The monoisotopic (exact) mass is 541 g/mol. The third-order valence-electron chi connectivity index (χ3n) is 4.54. The van der Waals surface area contributed by atoms with E-state index in [-0.39, 0.29) is 18.0 Å². The minimum absolute atomic E-state index is 0.110. The maximum absolute atomic E-state index is 12.5. The van der Waals surface area contributed by atoms with Crippen LogP contribution in [-0.2, 0) is 4.79 Å². The summed E-state index contributed by atoms with van der Waals surface area (Å²) < 4.78 is 28.0. The van der Waals surface area contributed by atoms with E-state index in [4.69, 9.17) is 23.5 Å². The number of aryl methyl sites for hydroxylation is 1. The lowest BCUT2D eigenvalue weighted by Gasteiger charge is -2.15. The number of nitrogens with one attached hydrogen (secondary N) is 1. The van der Waals surface area contributed by atoms with Gasteiger partial charge < -0.3 is 28.8 Å². The SMILES string of the molecule is CCOc1cc(/C=C(/C#N)C(=O)Nc2cc(C)on2)cc(Br)c1OCCOc1ccc(OC)cc1. The first-order valence-electron chi connectivity index (χ1n) is 10.7. The maximum atomic E-state index is 12.5.